The second-order valence-corrected chi connectivity index (χ2v) is 9.47. The largest absolute Gasteiger partial charge is 0.488 e. The lowest BCUT2D eigenvalue weighted by Crippen LogP contribution is -2.37. The van der Waals surface area contributed by atoms with E-state index >= 15 is 0 Å². The summed E-state index contributed by atoms with van der Waals surface area (Å²) in [5.41, 5.74) is 2.42. The number of ether oxygens (including phenoxy) is 1. The minimum Gasteiger partial charge on any atom is -0.488 e. The van der Waals surface area contributed by atoms with Gasteiger partial charge in [0.2, 0.25) is 0 Å². The molecule has 3 heteroatoms. The maximum atomic E-state index is 10.2. The van der Waals surface area contributed by atoms with Crippen LogP contribution in [0.5, 0.6) is 5.75 Å². The summed E-state index contributed by atoms with van der Waals surface area (Å²) in [6.45, 7) is 13.1. The van der Waals surface area contributed by atoms with Gasteiger partial charge in [-0.15, -0.1) is 0 Å². The van der Waals surface area contributed by atoms with E-state index in [9.17, 15) is 5.11 Å². The van der Waals surface area contributed by atoms with E-state index in [1.54, 1.807) is 0 Å². The minimum atomic E-state index is -0.772. The van der Waals surface area contributed by atoms with Crippen molar-refractivity contribution in [1.82, 2.24) is 4.57 Å². The van der Waals surface area contributed by atoms with Crippen LogP contribution in [0.15, 0.2) is 54.6 Å². The molecule has 0 radical (unpaired) electrons. The van der Waals surface area contributed by atoms with E-state index in [0.29, 0.717) is 12.3 Å². The number of nitrogens with zero attached hydrogens (tertiary/aromatic N) is 1. The fourth-order valence-electron chi connectivity index (χ4n) is 4.10. The fraction of sp³-hybridized carbons (Fsp3) is 0.440. The van der Waals surface area contributed by atoms with Crippen molar-refractivity contribution in [3.63, 3.8) is 0 Å². The Bertz CT molecular complexity index is 930. The van der Waals surface area contributed by atoms with Gasteiger partial charge in [-0.25, -0.2) is 0 Å². The number of aliphatic hydroxyl groups is 1. The molecule has 0 saturated heterocycles. The third-order valence-corrected chi connectivity index (χ3v) is 4.75. The number of hydrogen-bond donors (Lipinski definition) is 1. The van der Waals surface area contributed by atoms with Gasteiger partial charge in [0.1, 0.15) is 11.4 Å². The third kappa shape index (κ3) is 4.96. The van der Waals surface area contributed by atoms with Crippen LogP contribution in [0.3, 0.4) is 0 Å². The van der Waals surface area contributed by atoms with Crippen molar-refractivity contribution in [2.24, 2.45) is 5.92 Å². The summed E-state index contributed by atoms with van der Waals surface area (Å²) >= 11 is 0. The summed E-state index contributed by atoms with van der Waals surface area (Å²) < 4.78 is 8.68. The molecular weight excluding hydrogens is 346 g/mol. The van der Waals surface area contributed by atoms with Crippen molar-refractivity contribution in [3.05, 3.63) is 54.6 Å². The molecule has 0 saturated carbocycles. The van der Waals surface area contributed by atoms with E-state index < -0.39 is 11.2 Å². The van der Waals surface area contributed by atoms with E-state index in [0.717, 1.165) is 12.3 Å². The molecule has 0 atom stereocenters. The maximum Gasteiger partial charge on any atom is 0.122 e. The molecule has 1 aromatic heterocycles. The van der Waals surface area contributed by atoms with Crippen molar-refractivity contribution in [3.8, 4) is 17.0 Å². The first-order valence-corrected chi connectivity index (χ1v) is 10.1. The Morgan fingerprint density at radius 3 is 2.25 bits per heavy atom. The molecule has 28 heavy (non-hydrogen) atoms. The Labute approximate surface area is 169 Å². The Morgan fingerprint density at radius 2 is 1.64 bits per heavy atom. The molecule has 3 aromatic rings. The summed E-state index contributed by atoms with van der Waals surface area (Å²) in [5.74, 6) is 1.37. The number of hydrogen-bond acceptors (Lipinski definition) is 2. The van der Waals surface area contributed by atoms with Gasteiger partial charge in [-0.2, -0.15) is 0 Å². The van der Waals surface area contributed by atoms with Crippen LogP contribution in [0.1, 0.15) is 48.0 Å². The molecule has 0 unspecified atom stereocenters. The van der Waals surface area contributed by atoms with Crippen LogP contribution in [-0.2, 0) is 6.54 Å². The maximum absolute atomic E-state index is 10.2. The molecule has 1 heterocycles. The van der Waals surface area contributed by atoms with Crippen LogP contribution in [0.25, 0.3) is 22.2 Å². The van der Waals surface area contributed by atoms with Crippen molar-refractivity contribution in [2.45, 2.75) is 65.7 Å². The SMILES string of the molecule is CC(C)Cn1c(-c2ccccc2)cc2ccc(OC(C)(C)CC(C)(C)O)cc21. The zero-order valence-electron chi connectivity index (χ0n) is 18.0. The quantitative estimate of drug-likeness (QED) is 0.524. The fourth-order valence-corrected chi connectivity index (χ4v) is 4.10. The molecule has 0 aliphatic rings. The Balaban J connectivity index is 2.03. The lowest BCUT2D eigenvalue weighted by molar-refractivity contribution is -0.0105. The van der Waals surface area contributed by atoms with Crippen LogP contribution in [0.2, 0.25) is 0 Å². The standard InChI is InChI=1S/C25H33NO2/c1-18(2)16-26-22(19-10-8-7-9-11-19)14-20-12-13-21(15-23(20)26)28-25(5,6)17-24(3,4)27/h7-15,18,27H,16-17H2,1-6H3. The van der Waals surface area contributed by atoms with E-state index in [1.807, 2.05) is 33.8 Å². The minimum absolute atomic E-state index is 0.455. The van der Waals surface area contributed by atoms with Gasteiger partial charge in [0.15, 0.2) is 0 Å². The highest BCUT2D eigenvalue weighted by atomic mass is 16.5. The molecule has 0 amide bonds. The van der Waals surface area contributed by atoms with Gasteiger partial charge in [0.25, 0.3) is 0 Å². The third-order valence-electron chi connectivity index (χ3n) is 4.75. The molecular formula is C25H33NO2. The normalized spacial score (nSPS) is 12.7. The lowest BCUT2D eigenvalue weighted by Gasteiger charge is -2.32. The van der Waals surface area contributed by atoms with E-state index in [4.69, 9.17) is 4.74 Å². The van der Waals surface area contributed by atoms with Gasteiger partial charge in [0, 0.05) is 30.1 Å². The number of fused-ring (bicyclic) bond motifs is 1. The van der Waals surface area contributed by atoms with Gasteiger partial charge in [-0.1, -0.05) is 44.2 Å². The zero-order chi connectivity index (χ0) is 20.5. The van der Waals surface area contributed by atoms with Gasteiger partial charge < -0.3 is 14.4 Å². The summed E-state index contributed by atoms with van der Waals surface area (Å²) in [6, 6.07) is 19.1. The van der Waals surface area contributed by atoms with Gasteiger partial charge in [0.05, 0.1) is 11.1 Å². The topological polar surface area (TPSA) is 34.4 Å². The summed E-state index contributed by atoms with van der Waals surface area (Å²) in [5, 5.41) is 11.4. The first kappa shape index (κ1) is 20.5. The van der Waals surface area contributed by atoms with E-state index in [1.165, 1.54) is 22.2 Å². The smallest absolute Gasteiger partial charge is 0.122 e. The highest BCUT2D eigenvalue weighted by molar-refractivity contribution is 5.88. The molecule has 2 aromatic carbocycles. The van der Waals surface area contributed by atoms with Crippen LogP contribution < -0.4 is 4.74 Å². The highest BCUT2D eigenvalue weighted by Crippen LogP contribution is 2.33. The summed E-state index contributed by atoms with van der Waals surface area (Å²) in [4.78, 5) is 0. The number of rotatable bonds is 7. The summed E-state index contributed by atoms with van der Waals surface area (Å²) in [7, 11) is 0. The summed E-state index contributed by atoms with van der Waals surface area (Å²) in [6.07, 6.45) is 0.556. The first-order valence-electron chi connectivity index (χ1n) is 10.1. The van der Waals surface area contributed by atoms with Gasteiger partial charge >= 0.3 is 0 Å². The number of benzene rings is 2. The van der Waals surface area contributed by atoms with Crippen molar-refractivity contribution in [1.29, 1.82) is 0 Å². The van der Waals surface area contributed by atoms with Crippen LogP contribution >= 0.6 is 0 Å². The number of aromatic nitrogens is 1. The Morgan fingerprint density at radius 1 is 0.964 bits per heavy atom. The molecule has 3 nitrogen and oxygen atoms in total. The van der Waals surface area contributed by atoms with Crippen molar-refractivity contribution >= 4 is 10.9 Å². The first-order chi connectivity index (χ1) is 13.0. The molecule has 150 valence electrons. The van der Waals surface area contributed by atoms with Gasteiger partial charge in [-0.05, 0) is 57.4 Å². The predicted octanol–water partition coefficient (Wildman–Crippen LogP) is 6.28. The highest BCUT2D eigenvalue weighted by Gasteiger charge is 2.29. The van der Waals surface area contributed by atoms with E-state index in [-0.39, 0.29) is 0 Å². The predicted molar refractivity (Wildman–Crippen MR) is 118 cm³/mol. The molecule has 0 spiro atoms. The van der Waals surface area contributed by atoms with Crippen molar-refractivity contribution < 1.29 is 9.84 Å². The molecule has 0 fully saturated rings. The molecule has 3 rings (SSSR count). The van der Waals surface area contributed by atoms with Crippen LogP contribution in [0, 0.1) is 5.92 Å². The average Bonchev–Trinajstić information content (AvgIpc) is 2.90. The molecule has 1 N–H and O–H groups in total. The van der Waals surface area contributed by atoms with Crippen LogP contribution in [-0.4, -0.2) is 20.9 Å². The molecule has 0 aliphatic heterocycles. The second-order valence-electron chi connectivity index (χ2n) is 9.47. The Hall–Kier alpha value is -2.26. The van der Waals surface area contributed by atoms with Crippen LogP contribution in [0.4, 0.5) is 0 Å². The van der Waals surface area contributed by atoms with E-state index in [2.05, 4.69) is 66.9 Å². The lowest BCUT2D eigenvalue weighted by atomic mass is 9.92. The average molecular weight is 380 g/mol. The monoisotopic (exact) mass is 379 g/mol. The molecule has 0 bridgehead atoms. The zero-order valence-corrected chi connectivity index (χ0v) is 18.0. The van der Waals surface area contributed by atoms with Crippen molar-refractivity contribution in [2.75, 3.05) is 0 Å². The van der Waals surface area contributed by atoms with Gasteiger partial charge in [-0.3, -0.25) is 0 Å². The Kier molecular flexibility index (Phi) is 5.58. The molecule has 0 aliphatic carbocycles. The second kappa shape index (κ2) is 7.63.